The molecule has 2 rings (SSSR count). The van der Waals surface area contributed by atoms with E-state index < -0.39 is 0 Å². The van der Waals surface area contributed by atoms with E-state index in [9.17, 15) is 4.79 Å². The number of hydrogen-bond donors (Lipinski definition) is 0. The topological polar surface area (TPSA) is 42.9 Å². The van der Waals surface area contributed by atoms with Crippen molar-refractivity contribution in [1.82, 2.24) is 9.97 Å². The molecule has 14 heavy (non-hydrogen) atoms. The van der Waals surface area contributed by atoms with Crippen molar-refractivity contribution in [3.8, 4) is 10.7 Å². The fourth-order valence-electron chi connectivity index (χ4n) is 1.12. The number of hydrogen-bond acceptors (Lipinski definition) is 4. The summed E-state index contributed by atoms with van der Waals surface area (Å²) in [6.45, 7) is 1.93. The molecular weight excluding hydrogens is 196 g/mol. The van der Waals surface area contributed by atoms with Gasteiger partial charge in [0.25, 0.3) is 0 Å². The van der Waals surface area contributed by atoms with Crippen LogP contribution in [0.15, 0.2) is 23.6 Å². The van der Waals surface area contributed by atoms with Crippen molar-refractivity contribution in [1.29, 1.82) is 0 Å². The molecule has 4 heteroatoms. The molecule has 0 aliphatic rings. The fraction of sp³-hybridized carbons (Fsp3) is 0.100. The summed E-state index contributed by atoms with van der Waals surface area (Å²) in [6.07, 6.45) is 0.746. The first-order valence-electron chi connectivity index (χ1n) is 4.14. The van der Waals surface area contributed by atoms with Crippen molar-refractivity contribution in [2.24, 2.45) is 0 Å². The molecule has 0 unspecified atom stereocenters. The van der Waals surface area contributed by atoms with Gasteiger partial charge in [-0.1, -0.05) is 6.07 Å². The molecule has 0 fully saturated rings. The van der Waals surface area contributed by atoms with Gasteiger partial charge in [-0.15, -0.1) is 11.3 Å². The molecule has 0 N–H and O–H groups in total. The zero-order valence-corrected chi connectivity index (χ0v) is 8.41. The van der Waals surface area contributed by atoms with Gasteiger partial charge in [-0.3, -0.25) is 9.78 Å². The van der Waals surface area contributed by atoms with Gasteiger partial charge < -0.3 is 0 Å². The minimum atomic E-state index is 0.466. The van der Waals surface area contributed by atoms with Crippen LogP contribution in [0.3, 0.4) is 0 Å². The third-order valence-corrected chi connectivity index (χ3v) is 2.63. The van der Waals surface area contributed by atoms with E-state index in [2.05, 4.69) is 9.97 Å². The van der Waals surface area contributed by atoms with Gasteiger partial charge in [0.15, 0.2) is 6.29 Å². The number of pyridine rings is 1. The van der Waals surface area contributed by atoms with Gasteiger partial charge in [0, 0.05) is 11.1 Å². The van der Waals surface area contributed by atoms with Crippen LogP contribution >= 0.6 is 11.3 Å². The summed E-state index contributed by atoms with van der Waals surface area (Å²) in [5, 5.41) is 2.52. The van der Waals surface area contributed by atoms with Crippen LogP contribution < -0.4 is 0 Å². The summed E-state index contributed by atoms with van der Waals surface area (Å²) >= 11 is 1.43. The maximum atomic E-state index is 10.4. The molecule has 0 aliphatic carbocycles. The van der Waals surface area contributed by atoms with Gasteiger partial charge in [-0.2, -0.15) is 0 Å². The lowest BCUT2D eigenvalue weighted by atomic mass is 10.3. The number of aldehydes is 1. The van der Waals surface area contributed by atoms with Crippen molar-refractivity contribution in [2.75, 3.05) is 0 Å². The van der Waals surface area contributed by atoms with Crippen LogP contribution in [0.5, 0.6) is 0 Å². The number of rotatable bonds is 2. The number of carbonyl (C=O) groups is 1. The molecule has 0 spiro atoms. The smallest absolute Gasteiger partial charge is 0.169 e. The molecule has 3 nitrogen and oxygen atoms in total. The van der Waals surface area contributed by atoms with Crippen LogP contribution in [-0.4, -0.2) is 16.3 Å². The van der Waals surface area contributed by atoms with Crippen molar-refractivity contribution < 1.29 is 4.79 Å². The highest BCUT2D eigenvalue weighted by Gasteiger charge is 2.04. The SMILES string of the molecule is Cc1cccc(-c2nc(C=O)cs2)n1. The van der Waals surface area contributed by atoms with Gasteiger partial charge in [-0.25, -0.2) is 4.98 Å². The van der Waals surface area contributed by atoms with Crippen LogP contribution in [0.4, 0.5) is 0 Å². The Hall–Kier alpha value is -1.55. The highest BCUT2D eigenvalue weighted by Crippen LogP contribution is 2.21. The van der Waals surface area contributed by atoms with Gasteiger partial charge >= 0.3 is 0 Å². The van der Waals surface area contributed by atoms with Gasteiger partial charge in [0.1, 0.15) is 10.7 Å². The molecular formula is C10H8N2OS. The molecule has 0 radical (unpaired) electrons. The maximum absolute atomic E-state index is 10.4. The Labute approximate surface area is 85.5 Å². The van der Waals surface area contributed by atoms with Crippen LogP contribution in [0.2, 0.25) is 0 Å². The Morgan fingerprint density at radius 3 is 2.86 bits per heavy atom. The zero-order valence-electron chi connectivity index (χ0n) is 7.60. The third-order valence-electron chi connectivity index (χ3n) is 1.75. The third kappa shape index (κ3) is 1.70. The van der Waals surface area contributed by atoms with Crippen molar-refractivity contribution in [2.45, 2.75) is 6.92 Å². The summed E-state index contributed by atoms with van der Waals surface area (Å²) < 4.78 is 0. The summed E-state index contributed by atoms with van der Waals surface area (Å²) in [6, 6.07) is 5.75. The van der Waals surface area contributed by atoms with E-state index in [4.69, 9.17) is 0 Å². The first kappa shape index (κ1) is 9.02. The number of aryl methyl sites for hydroxylation is 1. The van der Waals surface area contributed by atoms with E-state index in [0.717, 1.165) is 22.7 Å². The largest absolute Gasteiger partial charge is 0.296 e. The molecule has 0 saturated carbocycles. The molecule has 0 aliphatic heterocycles. The van der Waals surface area contributed by atoms with E-state index in [1.807, 2.05) is 25.1 Å². The molecule has 2 heterocycles. The predicted molar refractivity (Wildman–Crippen MR) is 55.5 cm³/mol. The summed E-state index contributed by atoms with van der Waals surface area (Å²) in [4.78, 5) is 18.9. The van der Waals surface area contributed by atoms with Crippen LogP contribution in [0, 0.1) is 6.92 Å². The van der Waals surface area contributed by atoms with E-state index in [-0.39, 0.29) is 0 Å². The Kier molecular flexibility index (Phi) is 2.37. The quantitative estimate of drug-likeness (QED) is 0.705. The van der Waals surface area contributed by atoms with E-state index in [1.165, 1.54) is 11.3 Å². The predicted octanol–water partition coefficient (Wildman–Crippen LogP) is 2.33. The molecule has 2 aromatic heterocycles. The van der Waals surface area contributed by atoms with E-state index >= 15 is 0 Å². The van der Waals surface area contributed by atoms with Crippen LogP contribution in [0.25, 0.3) is 10.7 Å². The Morgan fingerprint density at radius 1 is 1.36 bits per heavy atom. The van der Waals surface area contributed by atoms with Crippen LogP contribution in [0.1, 0.15) is 16.2 Å². The minimum Gasteiger partial charge on any atom is -0.296 e. The number of aromatic nitrogens is 2. The summed E-state index contributed by atoms with van der Waals surface area (Å²) in [7, 11) is 0. The second kappa shape index (κ2) is 3.67. The monoisotopic (exact) mass is 204 g/mol. The number of nitrogens with zero attached hydrogens (tertiary/aromatic N) is 2. The zero-order chi connectivity index (χ0) is 9.97. The van der Waals surface area contributed by atoms with Crippen LogP contribution in [-0.2, 0) is 0 Å². The lowest BCUT2D eigenvalue weighted by Crippen LogP contribution is -1.86. The number of thiazole rings is 1. The van der Waals surface area contributed by atoms with Crippen molar-refractivity contribution >= 4 is 17.6 Å². The normalized spacial score (nSPS) is 10.1. The van der Waals surface area contributed by atoms with Gasteiger partial charge in [0.05, 0.1) is 5.69 Å². The maximum Gasteiger partial charge on any atom is 0.169 e. The molecule has 0 amide bonds. The summed E-state index contributed by atoms with van der Waals surface area (Å²) in [5.74, 6) is 0. The Bertz CT molecular complexity index is 465. The summed E-state index contributed by atoms with van der Waals surface area (Å²) in [5.41, 5.74) is 2.24. The number of carbonyl (C=O) groups excluding carboxylic acids is 1. The first-order valence-corrected chi connectivity index (χ1v) is 5.02. The second-order valence-corrected chi connectivity index (χ2v) is 3.72. The van der Waals surface area contributed by atoms with Crippen molar-refractivity contribution in [3.05, 3.63) is 35.0 Å². The van der Waals surface area contributed by atoms with Gasteiger partial charge in [-0.05, 0) is 19.1 Å². The molecule has 0 saturated heterocycles. The average molecular weight is 204 g/mol. The lowest BCUT2D eigenvalue weighted by Gasteiger charge is -1.95. The molecule has 0 aromatic carbocycles. The van der Waals surface area contributed by atoms with Crippen molar-refractivity contribution in [3.63, 3.8) is 0 Å². The van der Waals surface area contributed by atoms with E-state index in [0.29, 0.717) is 5.69 Å². The first-order chi connectivity index (χ1) is 6.79. The fourth-order valence-corrected chi connectivity index (χ4v) is 1.85. The highest BCUT2D eigenvalue weighted by atomic mass is 32.1. The molecule has 0 bridgehead atoms. The molecule has 70 valence electrons. The Balaban J connectivity index is 2.43. The average Bonchev–Trinajstić information content (AvgIpc) is 2.66. The highest BCUT2D eigenvalue weighted by molar-refractivity contribution is 7.13. The van der Waals surface area contributed by atoms with E-state index in [1.54, 1.807) is 5.38 Å². The molecule has 0 atom stereocenters. The lowest BCUT2D eigenvalue weighted by molar-refractivity contribution is 0.111. The second-order valence-electron chi connectivity index (χ2n) is 2.86. The Morgan fingerprint density at radius 2 is 2.21 bits per heavy atom. The molecule has 2 aromatic rings. The van der Waals surface area contributed by atoms with Gasteiger partial charge in [0.2, 0.25) is 0 Å². The minimum absolute atomic E-state index is 0.466. The standard InChI is InChI=1S/C10H8N2OS/c1-7-3-2-4-9(11-7)10-12-8(5-13)6-14-10/h2-6H,1H3.